The smallest absolute Gasteiger partial charge is 0.150 e. The molecule has 0 spiro atoms. The SMILES string of the molecule is CCOCCn1nc(CC)nc1C1(c2ccccc2F)CC1(C)C. The largest absolute Gasteiger partial charge is 0.380 e. The fraction of sp³-hybridized carbons (Fsp3) is 0.579. The zero-order chi connectivity index (χ0) is 17.4. The molecule has 2 aromatic rings. The summed E-state index contributed by atoms with van der Waals surface area (Å²) in [6, 6.07) is 7.06. The Kier molecular flexibility index (Phi) is 4.47. The van der Waals surface area contributed by atoms with Gasteiger partial charge in [0.15, 0.2) is 5.82 Å². The van der Waals surface area contributed by atoms with Gasteiger partial charge in [0.2, 0.25) is 0 Å². The second-order valence-corrected chi connectivity index (χ2v) is 7.07. The molecule has 24 heavy (non-hydrogen) atoms. The van der Waals surface area contributed by atoms with Gasteiger partial charge in [-0.25, -0.2) is 14.1 Å². The van der Waals surface area contributed by atoms with Crippen molar-refractivity contribution in [3.05, 3.63) is 47.3 Å². The molecule has 1 aliphatic rings. The van der Waals surface area contributed by atoms with E-state index in [-0.39, 0.29) is 11.2 Å². The number of rotatable bonds is 7. The quantitative estimate of drug-likeness (QED) is 0.726. The Morgan fingerprint density at radius 2 is 1.96 bits per heavy atom. The van der Waals surface area contributed by atoms with Gasteiger partial charge in [-0.3, -0.25) is 0 Å². The van der Waals surface area contributed by atoms with Crippen molar-refractivity contribution in [2.75, 3.05) is 13.2 Å². The molecule has 4 nitrogen and oxygen atoms in total. The van der Waals surface area contributed by atoms with E-state index in [1.165, 1.54) is 6.07 Å². The number of hydrogen-bond donors (Lipinski definition) is 0. The fourth-order valence-corrected chi connectivity index (χ4v) is 3.69. The molecule has 1 atom stereocenters. The topological polar surface area (TPSA) is 39.9 Å². The average Bonchev–Trinajstić information content (AvgIpc) is 2.92. The highest BCUT2D eigenvalue weighted by Crippen LogP contribution is 2.67. The van der Waals surface area contributed by atoms with E-state index in [2.05, 4.69) is 18.9 Å². The van der Waals surface area contributed by atoms with E-state index >= 15 is 0 Å². The summed E-state index contributed by atoms with van der Waals surface area (Å²) in [6.45, 7) is 10.3. The zero-order valence-corrected chi connectivity index (χ0v) is 15.0. The second-order valence-electron chi connectivity index (χ2n) is 7.07. The molecule has 0 aliphatic heterocycles. The molecule has 0 saturated heterocycles. The van der Waals surface area contributed by atoms with Crippen LogP contribution in [0.4, 0.5) is 4.39 Å². The van der Waals surface area contributed by atoms with Crippen molar-refractivity contribution in [2.45, 2.75) is 52.5 Å². The number of ether oxygens (including phenoxy) is 1. The first-order valence-corrected chi connectivity index (χ1v) is 8.73. The Hall–Kier alpha value is -1.75. The minimum absolute atomic E-state index is 0.0450. The van der Waals surface area contributed by atoms with Gasteiger partial charge >= 0.3 is 0 Å². The number of hydrogen-bond acceptors (Lipinski definition) is 3. The van der Waals surface area contributed by atoms with Crippen molar-refractivity contribution in [1.82, 2.24) is 14.8 Å². The highest BCUT2D eigenvalue weighted by atomic mass is 19.1. The molecule has 0 bridgehead atoms. The number of nitrogens with zero attached hydrogens (tertiary/aromatic N) is 3. The summed E-state index contributed by atoms with van der Waals surface area (Å²) in [7, 11) is 0. The Balaban J connectivity index is 2.07. The van der Waals surface area contributed by atoms with Crippen LogP contribution in [-0.2, 0) is 23.1 Å². The van der Waals surface area contributed by atoms with E-state index in [0.717, 1.165) is 30.1 Å². The van der Waals surface area contributed by atoms with Crippen LogP contribution < -0.4 is 0 Å². The van der Waals surface area contributed by atoms with E-state index in [9.17, 15) is 4.39 Å². The Bertz CT molecular complexity index is 725. The van der Waals surface area contributed by atoms with Gasteiger partial charge in [-0.15, -0.1) is 0 Å². The molecule has 1 aromatic heterocycles. The molecule has 5 heteroatoms. The Morgan fingerprint density at radius 3 is 2.54 bits per heavy atom. The third-order valence-electron chi connectivity index (χ3n) is 5.14. The van der Waals surface area contributed by atoms with Crippen molar-refractivity contribution >= 4 is 0 Å². The average molecular weight is 331 g/mol. The number of halogens is 1. The molecule has 0 radical (unpaired) electrons. The van der Waals surface area contributed by atoms with Crippen LogP contribution >= 0.6 is 0 Å². The monoisotopic (exact) mass is 331 g/mol. The highest BCUT2D eigenvalue weighted by Gasteiger charge is 2.66. The van der Waals surface area contributed by atoms with E-state index in [1.807, 2.05) is 30.7 Å². The number of aromatic nitrogens is 3. The Labute approximate surface area is 143 Å². The second kappa shape index (κ2) is 6.28. The summed E-state index contributed by atoms with van der Waals surface area (Å²) in [5, 5.41) is 4.63. The van der Waals surface area contributed by atoms with E-state index in [1.54, 1.807) is 6.07 Å². The summed E-state index contributed by atoms with van der Waals surface area (Å²) >= 11 is 0. The molecule has 1 aromatic carbocycles. The predicted molar refractivity (Wildman–Crippen MR) is 91.5 cm³/mol. The van der Waals surface area contributed by atoms with Crippen LogP contribution in [0.5, 0.6) is 0 Å². The van der Waals surface area contributed by atoms with Gasteiger partial charge < -0.3 is 4.74 Å². The van der Waals surface area contributed by atoms with E-state index in [0.29, 0.717) is 19.8 Å². The predicted octanol–water partition coefficient (Wildman–Crippen LogP) is 3.73. The summed E-state index contributed by atoms with van der Waals surface area (Å²) in [6.07, 6.45) is 1.64. The lowest BCUT2D eigenvalue weighted by Crippen LogP contribution is -2.25. The number of benzene rings is 1. The third kappa shape index (κ3) is 2.65. The lowest BCUT2D eigenvalue weighted by molar-refractivity contribution is 0.135. The molecule has 3 rings (SSSR count). The van der Waals surface area contributed by atoms with E-state index in [4.69, 9.17) is 9.72 Å². The molecular formula is C19H26FN3O. The fourth-order valence-electron chi connectivity index (χ4n) is 3.69. The van der Waals surface area contributed by atoms with Gasteiger partial charge in [-0.05, 0) is 24.8 Å². The molecule has 0 N–H and O–H groups in total. The zero-order valence-electron chi connectivity index (χ0n) is 15.0. The molecule has 1 heterocycles. The third-order valence-corrected chi connectivity index (χ3v) is 5.14. The van der Waals surface area contributed by atoms with E-state index < -0.39 is 5.41 Å². The molecule has 1 aliphatic carbocycles. The van der Waals surface area contributed by atoms with Crippen LogP contribution in [0, 0.1) is 11.2 Å². The summed E-state index contributed by atoms with van der Waals surface area (Å²) in [5.74, 6) is 1.51. The summed E-state index contributed by atoms with van der Waals surface area (Å²) < 4.78 is 22.0. The minimum Gasteiger partial charge on any atom is -0.380 e. The maximum atomic E-state index is 14.6. The van der Waals surface area contributed by atoms with Crippen LogP contribution in [0.2, 0.25) is 0 Å². The van der Waals surface area contributed by atoms with Crippen LogP contribution in [0.3, 0.4) is 0 Å². The van der Waals surface area contributed by atoms with Crippen molar-refractivity contribution in [1.29, 1.82) is 0 Å². The van der Waals surface area contributed by atoms with Crippen molar-refractivity contribution < 1.29 is 9.13 Å². The standard InChI is InChI=1S/C19H26FN3O/c1-5-16-21-17(23(22-16)11-12-24-6-2)19(13-18(19,3)4)14-9-7-8-10-15(14)20/h7-10H,5-6,11-13H2,1-4H3. The number of aryl methyl sites for hydroxylation is 1. The highest BCUT2D eigenvalue weighted by molar-refractivity contribution is 5.45. The maximum Gasteiger partial charge on any atom is 0.150 e. The van der Waals surface area contributed by atoms with Crippen molar-refractivity contribution in [3.63, 3.8) is 0 Å². The normalized spacial score (nSPS) is 21.9. The maximum absolute atomic E-state index is 14.6. The van der Waals surface area contributed by atoms with Crippen molar-refractivity contribution in [2.24, 2.45) is 5.41 Å². The first-order chi connectivity index (χ1) is 11.5. The van der Waals surface area contributed by atoms with Gasteiger partial charge in [0.1, 0.15) is 11.6 Å². The van der Waals surface area contributed by atoms with Gasteiger partial charge in [-0.2, -0.15) is 5.10 Å². The molecule has 130 valence electrons. The van der Waals surface area contributed by atoms with Gasteiger partial charge in [0, 0.05) is 18.6 Å². The molecule has 1 unspecified atom stereocenters. The van der Waals surface area contributed by atoms with Crippen molar-refractivity contribution in [3.8, 4) is 0 Å². The molecular weight excluding hydrogens is 305 g/mol. The van der Waals surface area contributed by atoms with Crippen LogP contribution in [0.15, 0.2) is 24.3 Å². The molecule has 1 saturated carbocycles. The molecule has 0 amide bonds. The summed E-state index contributed by atoms with van der Waals surface area (Å²) in [5.41, 5.74) is 0.268. The molecule has 1 fully saturated rings. The lowest BCUT2D eigenvalue weighted by atomic mass is 9.86. The van der Waals surface area contributed by atoms with Gasteiger partial charge in [0.25, 0.3) is 0 Å². The minimum atomic E-state index is -0.412. The van der Waals surface area contributed by atoms with Gasteiger partial charge in [0.05, 0.1) is 18.6 Å². The van der Waals surface area contributed by atoms with Crippen LogP contribution in [0.1, 0.15) is 51.3 Å². The van der Waals surface area contributed by atoms with Gasteiger partial charge in [-0.1, -0.05) is 39.0 Å². The first kappa shape index (κ1) is 17.1. The lowest BCUT2D eigenvalue weighted by Gasteiger charge is -2.22. The summed E-state index contributed by atoms with van der Waals surface area (Å²) in [4.78, 5) is 4.78. The Morgan fingerprint density at radius 1 is 1.25 bits per heavy atom. The van der Waals surface area contributed by atoms with Crippen LogP contribution in [0.25, 0.3) is 0 Å². The van der Waals surface area contributed by atoms with Crippen LogP contribution in [-0.4, -0.2) is 28.0 Å². The first-order valence-electron chi connectivity index (χ1n) is 8.73.